The Labute approximate surface area is 118 Å². The second-order valence-electron chi connectivity index (χ2n) is 5.27. The molecule has 0 saturated heterocycles. The minimum Gasteiger partial charge on any atom is -0.479 e. The van der Waals surface area contributed by atoms with Crippen LogP contribution in [0.1, 0.15) is 37.7 Å². The molecule has 5 heteroatoms. The zero-order valence-electron chi connectivity index (χ0n) is 11.6. The number of hydrogen-bond acceptors (Lipinski definition) is 4. The van der Waals surface area contributed by atoms with E-state index in [0.717, 1.165) is 25.7 Å². The number of nitro groups is 1. The van der Waals surface area contributed by atoms with Crippen molar-refractivity contribution in [2.24, 2.45) is 5.92 Å². The van der Waals surface area contributed by atoms with Crippen molar-refractivity contribution in [2.45, 2.75) is 39.0 Å². The van der Waals surface area contributed by atoms with Crippen molar-refractivity contribution in [2.75, 3.05) is 6.61 Å². The zero-order valence-corrected chi connectivity index (χ0v) is 11.6. The Morgan fingerprint density at radius 2 is 2.05 bits per heavy atom. The third kappa shape index (κ3) is 3.35. The summed E-state index contributed by atoms with van der Waals surface area (Å²) in [5.74, 6) is 0.298. The molecule has 0 radical (unpaired) electrons. The summed E-state index contributed by atoms with van der Waals surface area (Å²) < 4.78 is 5.40. The molecule has 0 amide bonds. The van der Waals surface area contributed by atoms with Crippen LogP contribution in [0.25, 0.3) is 0 Å². The smallest absolute Gasteiger partial charge is 0.313 e. The van der Waals surface area contributed by atoms with E-state index in [0.29, 0.717) is 5.56 Å². The molecule has 1 aliphatic rings. The average molecular weight is 277 g/mol. The molecule has 0 atom stereocenters. The van der Waals surface area contributed by atoms with Crippen molar-refractivity contribution in [3.8, 4) is 5.75 Å². The van der Waals surface area contributed by atoms with Gasteiger partial charge in [0, 0.05) is 11.5 Å². The van der Waals surface area contributed by atoms with E-state index < -0.39 is 4.92 Å². The maximum absolute atomic E-state index is 12.0. The number of nitrogens with zero attached hydrogens (tertiary/aromatic N) is 1. The van der Waals surface area contributed by atoms with Gasteiger partial charge in [-0.1, -0.05) is 31.4 Å². The van der Waals surface area contributed by atoms with Crippen LogP contribution in [0.15, 0.2) is 18.2 Å². The summed E-state index contributed by atoms with van der Waals surface area (Å²) in [4.78, 5) is 22.6. The fourth-order valence-electron chi connectivity index (χ4n) is 2.67. The van der Waals surface area contributed by atoms with E-state index in [-0.39, 0.29) is 29.7 Å². The fourth-order valence-corrected chi connectivity index (χ4v) is 2.67. The molecular formula is C15H19NO4. The van der Waals surface area contributed by atoms with E-state index >= 15 is 0 Å². The lowest BCUT2D eigenvalue weighted by atomic mass is 9.86. The van der Waals surface area contributed by atoms with E-state index in [1.807, 2.05) is 0 Å². The normalized spacial score (nSPS) is 15.8. The number of Topliss-reactive ketones (excluding diaryl/α,β-unsaturated/α-hetero) is 1. The Bertz CT molecular complexity index is 507. The van der Waals surface area contributed by atoms with Gasteiger partial charge in [0.25, 0.3) is 0 Å². The predicted molar refractivity (Wildman–Crippen MR) is 74.9 cm³/mol. The number of rotatable bonds is 5. The van der Waals surface area contributed by atoms with Crippen LogP contribution in [0.3, 0.4) is 0 Å². The average Bonchev–Trinajstić information content (AvgIpc) is 2.45. The first-order valence-electron chi connectivity index (χ1n) is 6.99. The predicted octanol–water partition coefficient (Wildman–Crippen LogP) is 3.43. The standard InChI is InChI=1S/C15H19NO4/c1-11-6-5-9-14(15(11)16(18)19)20-10-13(17)12-7-3-2-4-8-12/h5-6,9,12H,2-4,7-8,10H2,1H3. The molecule has 1 fully saturated rings. The number of hydrogen-bond donors (Lipinski definition) is 0. The van der Waals surface area contributed by atoms with Crippen molar-refractivity contribution in [3.05, 3.63) is 33.9 Å². The summed E-state index contributed by atoms with van der Waals surface area (Å²) in [6.07, 6.45) is 5.19. The molecule has 1 saturated carbocycles. The van der Waals surface area contributed by atoms with Crippen LogP contribution in [0, 0.1) is 23.0 Å². The van der Waals surface area contributed by atoms with Gasteiger partial charge in [0.1, 0.15) is 6.61 Å². The molecular weight excluding hydrogens is 258 g/mol. The number of aryl methyl sites for hydroxylation is 1. The van der Waals surface area contributed by atoms with Gasteiger partial charge < -0.3 is 4.74 Å². The SMILES string of the molecule is Cc1cccc(OCC(=O)C2CCCCC2)c1[N+](=O)[O-]. The number of nitro benzene ring substituents is 1. The van der Waals surface area contributed by atoms with E-state index in [9.17, 15) is 14.9 Å². The lowest BCUT2D eigenvalue weighted by Crippen LogP contribution is -2.23. The number of ketones is 1. The van der Waals surface area contributed by atoms with Gasteiger partial charge in [-0.3, -0.25) is 14.9 Å². The Kier molecular flexibility index (Phi) is 4.71. The van der Waals surface area contributed by atoms with Crippen molar-refractivity contribution in [3.63, 3.8) is 0 Å². The highest BCUT2D eigenvalue weighted by molar-refractivity contribution is 5.82. The molecule has 1 aromatic carbocycles. The molecule has 108 valence electrons. The topological polar surface area (TPSA) is 69.4 Å². The third-order valence-corrected chi connectivity index (χ3v) is 3.81. The van der Waals surface area contributed by atoms with Crippen LogP contribution in [0.5, 0.6) is 5.75 Å². The molecule has 0 aliphatic heterocycles. The van der Waals surface area contributed by atoms with E-state index in [2.05, 4.69) is 0 Å². The van der Waals surface area contributed by atoms with Crippen LogP contribution in [-0.2, 0) is 4.79 Å². The minimum absolute atomic E-state index is 0.0519. The number of ether oxygens (including phenoxy) is 1. The van der Waals surface area contributed by atoms with E-state index in [4.69, 9.17) is 4.74 Å². The second-order valence-corrected chi connectivity index (χ2v) is 5.27. The quantitative estimate of drug-likeness (QED) is 0.610. The van der Waals surface area contributed by atoms with Crippen molar-refractivity contribution < 1.29 is 14.5 Å². The van der Waals surface area contributed by atoms with Gasteiger partial charge in [-0.2, -0.15) is 0 Å². The zero-order chi connectivity index (χ0) is 14.5. The maximum atomic E-state index is 12.0. The summed E-state index contributed by atoms with van der Waals surface area (Å²) in [5.41, 5.74) is 0.488. The molecule has 1 aliphatic carbocycles. The minimum atomic E-state index is -0.463. The first kappa shape index (κ1) is 14.5. The lowest BCUT2D eigenvalue weighted by Gasteiger charge is -2.20. The van der Waals surface area contributed by atoms with Crippen LogP contribution in [0.4, 0.5) is 5.69 Å². The highest BCUT2D eigenvalue weighted by Gasteiger charge is 2.23. The Morgan fingerprint density at radius 3 is 2.70 bits per heavy atom. The molecule has 0 aromatic heterocycles. The van der Waals surface area contributed by atoms with Gasteiger partial charge in [-0.15, -0.1) is 0 Å². The lowest BCUT2D eigenvalue weighted by molar-refractivity contribution is -0.386. The Morgan fingerprint density at radius 1 is 1.35 bits per heavy atom. The molecule has 0 bridgehead atoms. The van der Waals surface area contributed by atoms with Gasteiger partial charge in [-0.25, -0.2) is 0 Å². The summed E-state index contributed by atoms with van der Waals surface area (Å²) in [5, 5.41) is 11.0. The highest BCUT2D eigenvalue weighted by Crippen LogP contribution is 2.31. The van der Waals surface area contributed by atoms with Gasteiger partial charge in [0.15, 0.2) is 11.5 Å². The van der Waals surface area contributed by atoms with Crippen LogP contribution >= 0.6 is 0 Å². The van der Waals surface area contributed by atoms with Crippen molar-refractivity contribution >= 4 is 11.5 Å². The van der Waals surface area contributed by atoms with E-state index in [1.54, 1.807) is 25.1 Å². The second kappa shape index (κ2) is 6.50. The first-order chi connectivity index (χ1) is 9.59. The Balaban J connectivity index is 2.02. The van der Waals surface area contributed by atoms with Crippen LogP contribution in [0.2, 0.25) is 0 Å². The molecule has 0 heterocycles. The van der Waals surface area contributed by atoms with Crippen molar-refractivity contribution in [1.29, 1.82) is 0 Å². The molecule has 0 N–H and O–H groups in total. The Hall–Kier alpha value is -1.91. The van der Waals surface area contributed by atoms with Crippen LogP contribution < -0.4 is 4.74 Å². The number of benzene rings is 1. The molecule has 2 rings (SSSR count). The molecule has 1 aromatic rings. The summed E-state index contributed by atoms with van der Waals surface area (Å²) in [7, 11) is 0. The van der Waals surface area contributed by atoms with Gasteiger partial charge in [0.2, 0.25) is 0 Å². The largest absolute Gasteiger partial charge is 0.479 e. The van der Waals surface area contributed by atoms with E-state index in [1.165, 1.54) is 6.42 Å². The molecule has 0 spiro atoms. The molecule has 5 nitrogen and oxygen atoms in total. The molecule has 0 unspecified atom stereocenters. The fraction of sp³-hybridized carbons (Fsp3) is 0.533. The van der Waals surface area contributed by atoms with Gasteiger partial charge in [0.05, 0.1) is 4.92 Å². The maximum Gasteiger partial charge on any atom is 0.313 e. The first-order valence-corrected chi connectivity index (χ1v) is 6.99. The number of carbonyl (C=O) groups is 1. The number of para-hydroxylation sites is 1. The summed E-state index contributed by atoms with van der Waals surface area (Å²) in [6.45, 7) is 1.59. The molecule has 20 heavy (non-hydrogen) atoms. The number of carbonyl (C=O) groups excluding carboxylic acids is 1. The summed E-state index contributed by atoms with van der Waals surface area (Å²) in [6, 6.07) is 4.90. The van der Waals surface area contributed by atoms with Crippen molar-refractivity contribution in [1.82, 2.24) is 0 Å². The summed E-state index contributed by atoms with van der Waals surface area (Å²) >= 11 is 0. The van der Waals surface area contributed by atoms with Gasteiger partial charge in [-0.05, 0) is 25.8 Å². The van der Waals surface area contributed by atoms with Gasteiger partial charge >= 0.3 is 5.69 Å². The third-order valence-electron chi connectivity index (χ3n) is 3.81. The van der Waals surface area contributed by atoms with Crippen LogP contribution in [-0.4, -0.2) is 17.3 Å². The monoisotopic (exact) mass is 277 g/mol. The highest BCUT2D eigenvalue weighted by atomic mass is 16.6.